The molecule has 8 aromatic rings. The molecule has 0 fully saturated rings. The molecule has 0 amide bonds. The number of rotatable bonds is 10. The van der Waals surface area contributed by atoms with Crippen molar-refractivity contribution in [2.45, 2.75) is 25.3 Å². The van der Waals surface area contributed by atoms with E-state index >= 15 is 0 Å². The molecule has 0 aliphatic heterocycles. The Bertz CT molecular complexity index is 2710. The average molecular weight is 743 g/mol. The first kappa shape index (κ1) is 35.9. The minimum Gasteiger partial charge on any atom is -0.386 e. The van der Waals surface area contributed by atoms with E-state index in [4.69, 9.17) is 0 Å². The molecule has 2 N–H and O–H groups in total. The van der Waals surface area contributed by atoms with Gasteiger partial charge in [0.05, 0.1) is 28.5 Å². The molecule has 280 valence electrons. The van der Waals surface area contributed by atoms with E-state index in [1.807, 2.05) is 19.2 Å². The third-order valence-corrected chi connectivity index (χ3v) is 11.4. The van der Waals surface area contributed by atoms with Crippen molar-refractivity contribution >= 4 is 44.6 Å². The van der Waals surface area contributed by atoms with Crippen LogP contribution in [0.2, 0.25) is 0 Å². The molecule has 0 spiro atoms. The van der Waals surface area contributed by atoms with E-state index in [0.29, 0.717) is 0 Å². The number of anilines is 4. The Morgan fingerprint density at radius 1 is 0.632 bits per heavy atom. The predicted octanol–water partition coefficient (Wildman–Crippen LogP) is 12.8. The molecule has 1 heterocycles. The maximum Gasteiger partial charge on any atom is 0.0868 e. The fourth-order valence-electron chi connectivity index (χ4n) is 8.64. The van der Waals surface area contributed by atoms with Gasteiger partial charge in [0.1, 0.15) is 0 Å². The first-order chi connectivity index (χ1) is 28.0. The quantitative estimate of drug-likeness (QED) is 0.108. The van der Waals surface area contributed by atoms with Gasteiger partial charge in [-0.2, -0.15) is 0 Å². The summed E-state index contributed by atoms with van der Waals surface area (Å²) in [6.07, 6.45) is 9.84. The SMILES string of the molecule is CNc1ccc(-c2ccc(C(c3ccccc3)c3cc(N(c4ccccc4C)C4C=CC=CC4)cc(-n4c5ccccc5c5ccccc54)c3)cc2)cc1N(C)O. The lowest BCUT2D eigenvalue weighted by atomic mass is 9.84. The molecule has 1 aliphatic carbocycles. The van der Waals surface area contributed by atoms with Crippen LogP contribution in [0.4, 0.5) is 22.7 Å². The van der Waals surface area contributed by atoms with Crippen molar-refractivity contribution in [3.8, 4) is 16.8 Å². The second kappa shape index (κ2) is 15.4. The number of hydrogen-bond donors (Lipinski definition) is 2. The molecule has 0 saturated heterocycles. The van der Waals surface area contributed by atoms with E-state index in [1.165, 1.54) is 49.7 Å². The number of benzene rings is 7. The van der Waals surface area contributed by atoms with Crippen molar-refractivity contribution in [1.29, 1.82) is 0 Å². The number of nitrogens with zero attached hydrogens (tertiary/aromatic N) is 3. The van der Waals surface area contributed by atoms with Gasteiger partial charge < -0.3 is 14.8 Å². The van der Waals surface area contributed by atoms with Crippen molar-refractivity contribution in [3.63, 3.8) is 0 Å². The monoisotopic (exact) mass is 742 g/mol. The number of hydroxylamine groups is 1. The van der Waals surface area contributed by atoms with Crippen LogP contribution in [0.25, 0.3) is 38.6 Å². The maximum absolute atomic E-state index is 10.4. The van der Waals surface area contributed by atoms with E-state index in [1.54, 1.807) is 7.05 Å². The molecular weight excluding hydrogens is 697 g/mol. The summed E-state index contributed by atoms with van der Waals surface area (Å²) in [6.45, 7) is 2.21. The van der Waals surface area contributed by atoms with Gasteiger partial charge in [-0.15, -0.1) is 0 Å². The van der Waals surface area contributed by atoms with Gasteiger partial charge in [0.25, 0.3) is 0 Å². The molecule has 0 saturated carbocycles. The van der Waals surface area contributed by atoms with Crippen molar-refractivity contribution in [1.82, 2.24) is 4.57 Å². The highest BCUT2D eigenvalue weighted by Crippen LogP contribution is 2.42. The first-order valence-electron chi connectivity index (χ1n) is 19.7. The summed E-state index contributed by atoms with van der Waals surface area (Å²) in [6, 6.07) is 59.6. The van der Waals surface area contributed by atoms with Crippen molar-refractivity contribution < 1.29 is 5.21 Å². The van der Waals surface area contributed by atoms with Gasteiger partial charge in [-0.3, -0.25) is 10.3 Å². The van der Waals surface area contributed by atoms with Crippen molar-refractivity contribution in [2.24, 2.45) is 0 Å². The molecule has 2 atom stereocenters. The third-order valence-electron chi connectivity index (χ3n) is 11.4. The Morgan fingerprint density at radius 3 is 1.95 bits per heavy atom. The summed E-state index contributed by atoms with van der Waals surface area (Å²) in [5.74, 6) is -0.0571. The predicted molar refractivity (Wildman–Crippen MR) is 240 cm³/mol. The standard InChI is InChI=1S/C52H46N4O/c1-36-16-10-13-23-48(36)55(42-19-8-5-9-20-42)43-32-41(33-44(35-43)56-49-24-14-11-21-45(49)46-22-12-15-25-50(46)56)52(38-17-6-4-7-18-38)39-28-26-37(27-29-39)40-30-31-47(53-2)51(34-40)54(3)57/h4-19,21-35,42,52-53,57H,20H2,1-3H3. The lowest BCUT2D eigenvalue weighted by Gasteiger charge is -2.35. The Hall–Kier alpha value is -6.82. The second-order valence-corrected chi connectivity index (χ2v) is 14.9. The lowest BCUT2D eigenvalue weighted by molar-refractivity contribution is 0.280. The largest absolute Gasteiger partial charge is 0.386 e. The molecule has 1 aromatic heterocycles. The van der Waals surface area contributed by atoms with E-state index in [-0.39, 0.29) is 12.0 Å². The Morgan fingerprint density at radius 2 is 1.28 bits per heavy atom. The minimum absolute atomic E-state index is 0.0571. The lowest BCUT2D eigenvalue weighted by Crippen LogP contribution is -2.30. The third kappa shape index (κ3) is 6.77. The summed E-state index contributed by atoms with van der Waals surface area (Å²) in [5.41, 5.74) is 14.4. The number of fused-ring (bicyclic) bond motifs is 3. The first-order valence-corrected chi connectivity index (χ1v) is 19.7. The summed E-state index contributed by atoms with van der Waals surface area (Å²) >= 11 is 0. The highest BCUT2D eigenvalue weighted by Gasteiger charge is 2.26. The number of nitrogens with one attached hydrogen (secondary N) is 1. The fraction of sp³-hybridized carbons (Fsp3) is 0.115. The molecule has 7 aromatic carbocycles. The van der Waals surface area contributed by atoms with E-state index in [0.717, 1.165) is 45.4 Å². The van der Waals surface area contributed by atoms with Crippen LogP contribution < -0.4 is 15.3 Å². The zero-order chi connectivity index (χ0) is 38.9. The van der Waals surface area contributed by atoms with Gasteiger partial charge in [0.15, 0.2) is 0 Å². The normalized spacial score (nSPS) is 14.2. The van der Waals surface area contributed by atoms with Crippen LogP contribution in [0, 0.1) is 6.92 Å². The molecule has 57 heavy (non-hydrogen) atoms. The Kier molecular flexibility index (Phi) is 9.67. The van der Waals surface area contributed by atoms with Crippen LogP contribution >= 0.6 is 0 Å². The summed E-state index contributed by atoms with van der Waals surface area (Å²) in [4.78, 5) is 2.53. The maximum atomic E-state index is 10.4. The van der Waals surface area contributed by atoms with E-state index < -0.39 is 0 Å². The van der Waals surface area contributed by atoms with Crippen LogP contribution in [-0.2, 0) is 0 Å². The van der Waals surface area contributed by atoms with Crippen molar-refractivity contribution in [2.75, 3.05) is 29.4 Å². The van der Waals surface area contributed by atoms with Gasteiger partial charge in [-0.05, 0) is 95.3 Å². The molecule has 0 bridgehead atoms. The van der Waals surface area contributed by atoms with Gasteiger partial charge in [-0.25, -0.2) is 0 Å². The molecule has 5 nitrogen and oxygen atoms in total. The van der Waals surface area contributed by atoms with Crippen molar-refractivity contribution in [3.05, 3.63) is 210 Å². The summed E-state index contributed by atoms with van der Waals surface area (Å²) < 4.78 is 2.44. The number of aromatic nitrogens is 1. The number of allylic oxidation sites excluding steroid dienone is 2. The minimum atomic E-state index is -0.0571. The molecule has 1 aliphatic rings. The van der Waals surface area contributed by atoms with Crippen LogP contribution in [0.3, 0.4) is 0 Å². The highest BCUT2D eigenvalue weighted by molar-refractivity contribution is 6.09. The Labute approximate surface area is 335 Å². The van der Waals surface area contributed by atoms with Gasteiger partial charge in [-0.1, -0.05) is 140 Å². The van der Waals surface area contributed by atoms with Crippen LogP contribution in [0.5, 0.6) is 0 Å². The van der Waals surface area contributed by atoms with Gasteiger partial charge in [0.2, 0.25) is 0 Å². The van der Waals surface area contributed by atoms with E-state index in [2.05, 4.69) is 198 Å². The summed E-state index contributed by atoms with van der Waals surface area (Å²) in [7, 11) is 3.52. The molecule has 0 radical (unpaired) electrons. The Balaban J connectivity index is 1.28. The van der Waals surface area contributed by atoms with Crippen LogP contribution in [-0.4, -0.2) is 29.9 Å². The second-order valence-electron chi connectivity index (χ2n) is 14.9. The fourth-order valence-corrected chi connectivity index (χ4v) is 8.64. The van der Waals surface area contributed by atoms with Gasteiger partial charge in [0, 0.05) is 47.8 Å². The smallest absolute Gasteiger partial charge is 0.0868 e. The van der Waals surface area contributed by atoms with E-state index in [9.17, 15) is 5.21 Å². The number of hydrogen-bond acceptors (Lipinski definition) is 4. The number of aryl methyl sites for hydroxylation is 1. The zero-order valence-corrected chi connectivity index (χ0v) is 32.5. The van der Waals surface area contributed by atoms with Crippen LogP contribution in [0.15, 0.2) is 188 Å². The zero-order valence-electron chi connectivity index (χ0n) is 32.5. The molecule has 2 unspecified atom stereocenters. The molecular formula is C52H46N4O. The van der Waals surface area contributed by atoms with Crippen LogP contribution in [0.1, 0.15) is 34.6 Å². The topological polar surface area (TPSA) is 43.7 Å². The average Bonchev–Trinajstić information content (AvgIpc) is 3.60. The number of para-hydroxylation sites is 3. The highest BCUT2D eigenvalue weighted by atomic mass is 16.5. The summed E-state index contributed by atoms with van der Waals surface area (Å²) in [5, 5.41) is 17.2. The van der Waals surface area contributed by atoms with Gasteiger partial charge >= 0.3 is 0 Å². The molecule has 5 heteroatoms. The molecule has 9 rings (SSSR count).